The topological polar surface area (TPSA) is 111 Å². The molecule has 0 aliphatic heterocycles. The van der Waals surface area contributed by atoms with Crippen LogP contribution in [-0.2, 0) is 14.1 Å². The van der Waals surface area contributed by atoms with Gasteiger partial charge < -0.3 is 19.4 Å². The van der Waals surface area contributed by atoms with Gasteiger partial charge in [-0.1, -0.05) is 30.3 Å². The van der Waals surface area contributed by atoms with E-state index in [9.17, 15) is 19.5 Å². The Kier molecular flexibility index (Phi) is 6.04. The predicted molar refractivity (Wildman–Crippen MR) is 141 cm³/mol. The summed E-state index contributed by atoms with van der Waals surface area (Å²) in [5.74, 6) is -0.515. The number of fused-ring (bicyclic) bond motifs is 1. The zero-order valence-electron chi connectivity index (χ0n) is 20.6. The molecule has 5 rings (SSSR count). The summed E-state index contributed by atoms with van der Waals surface area (Å²) in [5.41, 5.74) is 0.982. The number of aromatic nitrogens is 3. The van der Waals surface area contributed by atoms with Gasteiger partial charge in [-0.25, -0.2) is 4.68 Å². The second kappa shape index (κ2) is 9.34. The van der Waals surface area contributed by atoms with Gasteiger partial charge in [-0.15, -0.1) is 0 Å². The lowest BCUT2D eigenvalue weighted by Gasteiger charge is -2.17. The van der Waals surface area contributed by atoms with Crippen molar-refractivity contribution in [2.45, 2.75) is 19.4 Å². The molecule has 188 valence electrons. The molecule has 0 aliphatic rings. The number of Topliss-reactive ketones (excluding diaryl/α,β-unsaturated/α-hetero) is 1. The molecule has 9 nitrogen and oxygen atoms in total. The van der Waals surface area contributed by atoms with E-state index in [1.807, 2.05) is 30.3 Å². The van der Waals surface area contributed by atoms with Crippen LogP contribution in [0.4, 0.5) is 5.69 Å². The van der Waals surface area contributed by atoms with E-state index in [0.29, 0.717) is 33.7 Å². The van der Waals surface area contributed by atoms with Crippen molar-refractivity contribution in [2.24, 2.45) is 14.1 Å². The van der Waals surface area contributed by atoms with Crippen molar-refractivity contribution in [3.63, 3.8) is 0 Å². The lowest BCUT2D eigenvalue weighted by atomic mass is 10.00. The van der Waals surface area contributed by atoms with Crippen LogP contribution < -0.4 is 16.4 Å². The quantitative estimate of drug-likeness (QED) is 0.328. The van der Waals surface area contributed by atoms with E-state index < -0.39 is 17.4 Å². The second-order valence-electron chi connectivity index (χ2n) is 8.88. The van der Waals surface area contributed by atoms with Gasteiger partial charge in [0.2, 0.25) is 0 Å². The van der Waals surface area contributed by atoms with Gasteiger partial charge >= 0.3 is 0 Å². The molecule has 5 aromatic rings. The number of nitrogens with zero attached hydrogens (tertiary/aromatic N) is 3. The third-order valence-corrected chi connectivity index (χ3v) is 6.70. The Balaban J connectivity index is 1.55. The van der Waals surface area contributed by atoms with E-state index in [-0.39, 0.29) is 23.3 Å². The fourth-order valence-corrected chi connectivity index (χ4v) is 4.64. The van der Waals surface area contributed by atoms with Crippen LogP contribution >= 0.6 is 0 Å². The van der Waals surface area contributed by atoms with Gasteiger partial charge in [0, 0.05) is 25.9 Å². The highest BCUT2D eigenvalue weighted by Crippen LogP contribution is 2.30. The van der Waals surface area contributed by atoms with Crippen LogP contribution in [0, 0.1) is 6.92 Å². The fraction of sp³-hybridized carbons (Fsp3) is 0.179. The number of hydrogen-bond donors (Lipinski definition) is 2. The number of carbonyl (C=O) groups is 1. The standard InChI is InChI=1S/C28H26N4O5/c1-17-25(28(36)32(31(17)3)18-10-5-4-6-11-18)29-20(23-14-9-15-37-23)16-22(33)24-26(34)19-12-7-8-13-21(19)30(2)27(24)35/h4-15,20,29,34H,16H2,1-3H3/t20-/m0/s1. The van der Waals surface area contributed by atoms with Crippen LogP contribution in [0.25, 0.3) is 16.6 Å². The monoisotopic (exact) mass is 498 g/mol. The maximum Gasteiger partial charge on any atom is 0.295 e. The Morgan fingerprint density at radius 1 is 0.973 bits per heavy atom. The summed E-state index contributed by atoms with van der Waals surface area (Å²) in [6.45, 7) is 1.80. The SMILES string of the molecule is Cc1c(N[C@@H](CC(=O)c2c(O)c3ccccc3n(C)c2=O)c2ccco2)c(=O)n(-c2ccccc2)n1C. The third-order valence-electron chi connectivity index (χ3n) is 6.70. The third kappa shape index (κ3) is 4.04. The molecule has 3 aromatic heterocycles. The molecule has 0 bridgehead atoms. The van der Waals surface area contributed by atoms with Crippen molar-refractivity contribution in [1.29, 1.82) is 0 Å². The molecule has 0 amide bonds. The molecule has 3 heterocycles. The normalized spacial score (nSPS) is 12.1. The van der Waals surface area contributed by atoms with E-state index in [1.54, 1.807) is 62.1 Å². The molecule has 0 fully saturated rings. The number of rotatable bonds is 7. The van der Waals surface area contributed by atoms with E-state index in [0.717, 1.165) is 0 Å². The number of furan rings is 1. The minimum atomic E-state index is -0.768. The van der Waals surface area contributed by atoms with Gasteiger partial charge in [0.25, 0.3) is 11.1 Å². The minimum Gasteiger partial charge on any atom is -0.506 e. The average Bonchev–Trinajstić information content (AvgIpc) is 3.51. The van der Waals surface area contributed by atoms with Crippen LogP contribution in [0.3, 0.4) is 0 Å². The van der Waals surface area contributed by atoms with Crippen molar-refractivity contribution < 1.29 is 14.3 Å². The Labute approximate surface area is 211 Å². The second-order valence-corrected chi connectivity index (χ2v) is 8.88. The number of carbonyl (C=O) groups excluding carboxylic acids is 1. The summed E-state index contributed by atoms with van der Waals surface area (Å²) >= 11 is 0. The Morgan fingerprint density at radius 2 is 1.68 bits per heavy atom. The number of para-hydroxylation sites is 2. The van der Waals surface area contributed by atoms with Crippen molar-refractivity contribution in [2.75, 3.05) is 5.32 Å². The summed E-state index contributed by atoms with van der Waals surface area (Å²) in [7, 11) is 3.33. The summed E-state index contributed by atoms with van der Waals surface area (Å²) in [6, 6.07) is 18.7. The molecule has 0 unspecified atom stereocenters. The summed E-state index contributed by atoms with van der Waals surface area (Å²) < 4.78 is 10.2. The van der Waals surface area contributed by atoms with Gasteiger partial charge in [0.15, 0.2) is 5.78 Å². The number of pyridine rings is 1. The van der Waals surface area contributed by atoms with Crippen molar-refractivity contribution in [3.8, 4) is 11.4 Å². The number of benzene rings is 2. The largest absolute Gasteiger partial charge is 0.506 e. The number of hydrogen-bond acceptors (Lipinski definition) is 6. The summed E-state index contributed by atoms with van der Waals surface area (Å²) in [5, 5.41) is 14.5. The van der Waals surface area contributed by atoms with Gasteiger partial charge in [0.1, 0.15) is 22.8 Å². The van der Waals surface area contributed by atoms with Crippen LogP contribution in [0.2, 0.25) is 0 Å². The Bertz CT molecular complexity index is 1730. The molecule has 37 heavy (non-hydrogen) atoms. The smallest absolute Gasteiger partial charge is 0.295 e. The first-order valence-electron chi connectivity index (χ1n) is 11.8. The molecule has 2 aromatic carbocycles. The number of aromatic hydroxyl groups is 1. The first-order chi connectivity index (χ1) is 17.8. The highest BCUT2D eigenvalue weighted by Gasteiger charge is 2.28. The highest BCUT2D eigenvalue weighted by molar-refractivity contribution is 6.03. The Hall–Kier alpha value is -4.79. The molecule has 0 radical (unpaired) electrons. The highest BCUT2D eigenvalue weighted by atomic mass is 16.3. The summed E-state index contributed by atoms with van der Waals surface area (Å²) in [4.78, 5) is 40.0. The zero-order valence-corrected chi connectivity index (χ0v) is 20.6. The molecule has 0 aliphatic carbocycles. The van der Waals surface area contributed by atoms with E-state index in [1.165, 1.54) is 15.5 Å². The van der Waals surface area contributed by atoms with Crippen molar-refractivity contribution >= 4 is 22.4 Å². The van der Waals surface area contributed by atoms with E-state index in [4.69, 9.17) is 4.42 Å². The maximum atomic E-state index is 13.5. The predicted octanol–water partition coefficient (Wildman–Crippen LogP) is 4.06. The van der Waals surface area contributed by atoms with Gasteiger partial charge in [0.05, 0.1) is 29.2 Å². The van der Waals surface area contributed by atoms with Crippen molar-refractivity contribution in [1.82, 2.24) is 13.9 Å². The number of anilines is 1. The molecule has 0 spiro atoms. The Morgan fingerprint density at radius 3 is 2.38 bits per heavy atom. The van der Waals surface area contributed by atoms with E-state index >= 15 is 0 Å². The lowest BCUT2D eigenvalue weighted by molar-refractivity contribution is 0.0969. The molecular formula is C28H26N4O5. The molecule has 2 N–H and O–H groups in total. The molecule has 1 atom stereocenters. The lowest BCUT2D eigenvalue weighted by Crippen LogP contribution is -2.27. The van der Waals surface area contributed by atoms with Crippen LogP contribution in [-0.4, -0.2) is 24.8 Å². The zero-order chi connectivity index (χ0) is 26.3. The van der Waals surface area contributed by atoms with E-state index in [2.05, 4.69) is 5.32 Å². The van der Waals surface area contributed by atoms with Gasteiger partial charge in [-0.05, 0) is 43.3 Å². The molecule has 0 saturated heterocycles. The first-order valence-corrected chi connectivity index (χ1v) is 11.8. The van der Waals surface area contributed by atoms with Crippen LogP contribution in [0.15, 0.2) is 87.0 Å². The molecule has 9 heteroatoms. The maximum absolute atomic E-state index is 13.5. The number of nitrogens with one attached hydrogen (secondary N) is 1. The van der Waals surface area contributed by atoms with Crippen molar-refractivity contribution in [3.05, 3.63) is 111 Å². The summed E-state index contributed by atoms with van der Waals surface area (Å²) in [6.07, 6.45) is 1.24. The molecular weight excluding hydrogens is 472 g/mol. The minimum absolute atomic E-state index is 0.228. The van der Waals surface area contributed by atoms with Crippen LogP contribution in [0.5, 0.6) is 5.75 Å². The fourth-order valence-electron chi connectivity index (χ4n) is 4.64. The average molecular weight is 499 g/mol. The first kappa shape index (κ1) is 23.9. The number of ketones is 1. The van der Waals surface area contributed by atoms with Gasteiger partial charge in [-0.3, -0.25) is 19.1 Å². The van der Waals surface area contributed by atoms with Crippen LogP contribution in [0.1, 0.15) is 34.3 Å². The van der Waals surface area contributed by atoms with Gasteiger partial charge in [-0.2, -0.15) is 0 Å². The number of aryl methyl sites for hydroxylation is 1. The molecule has 0 saturated carbocycles.